The van der Waals surface area contributed by atoms with Gasteiger partial charge in [-0.25, -0.2) is 0 Å². The summed E-state index contributed by atoms with van der Waals surface area (Å²) in [7, 11) is 0. The molecule has 0 aromatic heterocycles. The minimum Gasteiger partial charge on any atom is -0.373 e. The van der Waals surface area contributed by atoms with Gasteiger partial charge in [-0.2, -0.15) is 0 Å². The molecule has 2 aromatic rings. The summed E-state index contributed by atoms with van der Waals surface area (Å²) in [6.07, 6.45) is 9.28. The Morgan fingerprint density at radius 2 is 1.62 bits per heavy atom. The quantitative estimate of drug-likeness (QED) is 0.558. The Morgan fingerprint density at radius 1 is 0.897 bits per heavy atom. The molecule has 0 amide bonds. The average molecular weight is 392 g/mol. The van der Waals surface area contributed by atoms with Gasteiger partial charge in [-0.05, 0) is 61.9 Å². The van der Waals surface area contributed by atoms with E-state index >= 15 is 0 Å². The van der Waals surface area contributed by atoms with E-state index in [0.717, 1.165) is 19.1 Å². The number of benzene rings is 2. The molecule has 3 heteroatoms. The topological polar surface area (TPSA) is 29.5 Å². The van der Waals surface area contributed by atoms with Crippen molar-refractivity contribution in [2.24, 2.45) is 5.92 Å². The molecule has 2 aromatic carbocycles. The van der Waals surface area contributed by atoms with E-state index in [-0.39, 0.29) is 6.10 Å². The molecule has 3 nitrogen and oxygen atoms in total. The number of ether oxygens (including phenoxy) is 1. The Morgan fingerprint density at radius 3 is 2.34 bits per heavy atom. The second-order valence-corrected chi connectivity index (χ2v) is 8.56. The van der Waals surface area contributed by atoms with E-state index in [2.05, 4.69) is 53.4 Å². The highest BCUT2D eigenvalue weighted by Gasteiger charge is 2.39. The molecule has 1 aliphatic heterocycles. The van der Waals surface area contributed by atoms with Crippen molar-refractivity contribution in [1.82, 2.24) is 4.90 Å². The van der Waals surface area contributed by atoms with Crippen LogP contribution in [0.15, 0.2) is 54.6 Å². The van der Waals surface area contributed by atoms with Crippen molar-refractivity contribution >= 4 is 6.29 Å². The van der Waals surface area contributed by atoms with Crippen molar-refractivity contribution in [2.45, 2.75) is 63.7 Å². The molecule has 0 N–H and O–H groups in total. The lowest BCUT2D eigenvalue weighted by Crippen LogP contribution is -2.43. The highest BCUT2D eigenvalue weighted by atomic mass is 16.5. The first-order chi connectivity index (χ1) is 14.3. The predicted molar refractivity (Wildman–Crippen MR) is 118 cm³/mol. The van der Waals surface area contributed by atoms with Crippen molar-refractivity contribution in [3.05, 3.63) is 60.2 Å². The number of rotatable bonds is 8. The fraction of sp³-hybridized carbons (Fsp3) is 0.500. The second kappa shape index (κ2) is 10.2. The zero-order valence-corrected chi connectivity index (χ0v) is 17.3. The molecule has 1 heterocycles. The lowest BCUT2D eigenvalue weighted by atomic mass is 9.93. The van der Waals surface area contributed by atoms with Crippen molar-refractivity contribution < 1.29 is 9.53 Å². The van der Waals surface area contributed by atoms with E-state index < -0.39 is 0 Å². The number of carbonyl (C=O) groups excluding carboxylic acids is 1. The third kappa shape index (κ3) is 5.15. The van der Waals surface area contributed by atoms with Gasteiger partial charge >= 0.3 is 0 Å². The Bertz CT molecular complexity index is 752. The monoisotopic (exact) mass is 391 g/mol. The smallest absolute Gasteiger partial charge is 0.120 e. The summed E-state index contributed by atoms with van der Waals surface area (Å²) < 4.78 is 6.42. The minimum absolute atomic E-state index is 0.274. The number of carbonyl (C=O) groups is 1. The SMILES string of the molecule is O=CCC[C@H]1[C@H](N2CCCCC2)CC[C@H]1OCc1ccc(-c2ccccc2)cc1. The third-order valence-corrected chi connectivity index (χ3v) is 6.72. The van der Waals surface area contributed by atoms with Crippen molar-refractivity contribution in [1.29, 1.82) is 0 Å². The van der Waals surface area contributed by atoms with E-state index in [4.69, 9.17) is 4.74 Å². The number of piperidine rings is 1. The van der Waals surface area contributed by atoms with Crippen LogP contribution in [0.5, 0.6) is 0 Å². The van der Waals surface area contributed by atoms with Gasteiger partial charge in [0.1, 0.15) is 6.29 Å². The van der Waals surface area contributed by atoms with Gasteiger partial charge in [0.15, 0.2) is 0 Å². The molecule has 0 spiro atoms. The number of hydrogen-bond acceptors (Lipinski definition) is 3. The second-order valence-electron chi connectivity index (χ2n) is 8.56. The zero-order valence-electron chi connectivity index (χ0n) is 17.3. The summed E-state index contributed by atoms with van der Waals surface area (Å²) >= 11 is 0. The molecule has 0 radical (unpaired) electrons. The summed E-state index contributed by atoms with van der Waals surface area (Å²) in [5.74, 6) is 0.488. The first-order valence-corrected chi connectivity index (χ1v) is 11.3. The molecule has 0 bridgehead atoms. The van der Waals surface area contributed by atoms with Gasteiger partial charge in [0, 0.05) is 18.4 Å². The van der Waals surface area contributed by atoms with E-state index in [1.165, 1.54) is 55.5 Å². The predicted octanol–water partition coefficient (Wildman–Crippen LogP) is 5.48. The molecule has 154 valence electrons. The molecule has 29 heavy (non-hydrogen) atoms. The van der Waals surface area contributed by atoms with Crippen LogP contribution in [-0.4, -0.2) is 36.4 Å². The van der Waals surface area contributed by atoms with Crippen LogP contribution in [0, 0.1) is 5.92 Å². The summed E-state index contributed by atoms with van der Waals surface area (Å²) in [5.41, 5.74) is 3.71. The van der Waals surface area contributed by atoms with Crippen LogP contribution in [0.2, 0.25) is 0 Å². The summed E-state index contributed by atoms with van der Waals surface area (Å²) in [4.78, 5) is 13.7. The fourth-order valence-corrected chi connectivity index (χ4v) is 5.19. The van der Waals surface area contributed by atoms with E-state index in [0.29, 0.717) is 25.0 Å². The maximum Gasteiger partial charge on any atom is 0.120 e. The van der Waals surface area contributed by atoms with Gasteiger partial charge in [0.25, 0.3) is 0 Å². The molecule has 0 unspecified atom stereocenters. The number of nitrogens with zero attached hydrogens (tertiary/aromatic N) is 1. The van der Waals surface area contributed by atoms with Gasteiger partial charge in [-0.15, -0.1) is 0 Å². The van der Waals surface area contributed by atoms with Crippen LogP contribution < -0.4 is 0 Å². The van der Waals surface area contributed by atoms with E-state index in [1.807, 2.05) is 6.07 Å². The highest BCUT2D eigenvalue weighted by molar-refractivity contribution is 5.63. The maximum atomic E-state index is 11.0. The Hall–Kier alpha value is -1.97. The maximum absolute atomic E-state index is 11.0. The largest absolute Gasteiger partial charge is 0.373 e. The zero-order chi connectivity index (χ0) is 19.9. The van der Waals surface area contributed by atoms with Gasteiger partial charge in [-0.1, -0.05) is 61.0 Å². The van der Waals surface area contributed by atoms with Gasteiger partial charge in [-0.3, -0.25) is 0 Å². The van der Waals surface area contributed by atoms with Gasteiger partial charge < -0.3 is 14.4 Å². The number of likely N-dealkylation sites (tertiary alicyclic amines) is 1. The van der Waals surface area contributed by atoms with Crippen LogP contribution in [-0.2, 0) is 16.1 Å². The summed E-state index contributed by atoms with van der Waals surface area (Å²) in [6, 6.07) is 19.8. The van der Waals surface area contributed by atoms with Crippen LogP contribution in [0.25, 0.3) is 11.1 Å². The van der Waals surface area contributed by atoms with Gasteiger partial charge in [0.2, 0.25) is 0 Å². The normalized spacial score (nSPS) is 25.2. The molecular formula is C26H33NO2. The lowest BCUT2D eigenvalue weighted by molar-refractivity contribution is -0.108. The molecule has 4 rings (SSSR count). The van der Waals surface area contributed by atoms with Crippen molar-refractivity contribution in [3.8, 4) is 11.1 Å². The molecule has 3 atom stereocenters. The molecule has 1 aliphatic carbocycles. The summed E-state index contributed by atoms with van der Waals surface area (Å²) in [6.45, 7) is 3.09. The minimum atomic E-state index is 0.274. The molecule has 1 saturated heterocycles. The Kier molecular flexibility index (Phi) is 7.13. The van der Waals surface area contributed by atoms with Crippen molar-refractivity contribution in [3.63, 3.8) is 0 Å². The average Bonchev–Trinajstić information content (AvgIpc) is 3.20. The molecular weight excluding hydrogens is 358 g/mol. The summed E-state index contributed by atoms with van der Waals surface area (Å²) in [5, 5.41) is 0. The van der Waals surface area contributed by atoms with Crippen LogP contribution in [0.3, 0.4) is 0 Å². The van der Waals surface area contributed by atoms with E-state index in [1.54, 1.807) is 0 Å². The van der Waals surface area contributed by atoms with Crippen LogP contribution in [0.1, 0.15) is 50.5 Å². The first-order valence-electron chi connectivity index (χ1n) is 11.3. The molecule has 2 fully saturated rings. The lowest BCUT2D eigenvalue weighted by Gasteiger charge is -2.36. The molecule has 1 saturated carbocycles. The van der Waals surface area contributed by atoms with Crippen LogP contribution >= 0.6 is 0 Å². The Labute approximate surface area is 175 Å². The number of aldehydes is 1. The Balaban J connectivity index is 1.36. The standard InChI is InChI=1S/C26H33NO2/c28-19-7-10-24-25(27-17-5-2-6-18-27)15-16-26(24)29-20-21-11-13-23(14-12-21)22-8-3-1-4-9-22/h1,3-4,8-9,11-14,19,24-26H,2,5-7,10,15-18,20H2/t24-,25+,26+/m0/s1. The highest BCUT2D eigenvalue weighted by Crippen LogP contribution is 2.37. The molecule has 2 aliphatic rings. The fourth-order valence-electron chi connectivity index (χ4n) is 5.19. The number of hydrogen-bond donors (Lipinski definition) is 0. The third-order valence-electron chi connectivity index (χ3n) is 6.72. The van der Waals surface area contributed by atoms with Gasteiger partial charge in [0.05, 0.1) is 12.7 Å². The van der Waals surface area contributed by atoms with Crippen LogP contribution in [0.4, 0.5) is 0 Å². The van der Waals surface area contributed by atoms with E-state index in [9.17, 15) is 4.79 Å². The first kappa shape index (κ1) is 20.3. The van der Waals surface area contributed by atoms with Crippen molar-refractivity contribution in [2.75, 3.05) is 13.1 Å².